The molecule has 3 aromatic carbocycles. The van der Waals surface area contributed by atoms with E-state index in [-0.39, 0.29) is 6.61 Å². The van der Waals surface area contributed by atoms with E-state index in [1.807, 2.05) is 97.9 Å². The van der Waals surface area contributed by atoms with Gasteiger partial charge in [-0.15, -0.1) is 0 Å². The van der Waals surface area contributed by atoms with E-state index < -0.39 is 35.4 Å². The number of fused-ring (bicyclic) bond motifs is 1. The second kappa shape index (κ2) is 11.8. The molecule has 1 saturated heterocycles. The van der Waals surface area contributed by atoms with Gasteiger partial charge in [0.05, 0.1) is 24.0 Å². The summed E-state index contributed by atoms with van der Waals surface area (Å²) in [5.74, 6) is 0.815. The van der Waals surface area contributed by atoms with Crippen LogP contribution in [0.15, 0.2) is 102 Å². The maximum Gasteiger partial charge on any atom is 0.225 e. The molecule has 2 aliphatic rings. The van der Waals surface area contributed by atoms with Crippen LogP contribution in [0.1, 0.15) is 29.9 Å². The number of benzene rings is 3. The van der Waals surface area contributed by atoms with Crippen molar-refractivity contribution in [2.75, 3.05) is 12.4 Å². The fraction of sp³-hybridized carbons (Fsp3) is 0.310. The van der Waals surface area contributed by atoms with Gasteiger partial charge in [0.25, 0.3) is 0 Å². The van der Waals surface area contributed by atoms with Gasteiger partial charge in [0.15, 0.2) is 18.2 Å². The van der Waals surface area contributed by atoms with E-state index in [9.17, 15) is 4.21 Å². The van der Waals surface area contributed by atoms with Crippen LogP contribution in [0.5, 0.6) is 0 Å². The zero-order valence-corrected chi connectivity index (χ0v) is 21.0. The van der Waals surface area contributed by atoms with Crippen LogP contribution >= 0.6 is 0 Å². The highest BCUT2D eigenvalue weighted by molar-refractivity contribution is 7.88. The summed E-state index contributed by atoms with van der Waals surface area (Å²) in [4.78, 5) is 0. The second-order valence-corrected chi connectivity index (χ2v) is 10.2. The number of ether oxygens (including phenoxy) is 5. The maximum absolute atomic E-state index is 13.1. The Bertz CT molecular complexity index is 1170. The van der Waals surface area contributed by atoms with Crippen molar-refractivity contribution in [1.82, 2.24) is 0 Å². The maximum atomic E-state index is 13.1. The van der Waals surface area contributed by atoms with Crippen LogP contribution in [0, 0.1) is 0 Å². The molecule has 6 nitrogen and oxygen atoms in total. The molecule has 0 N–H and O–H groups in total. The predicted octanol–water partition coefficient (Wildman–Crippen LogP) is 5.24. The summed E-state index contributed by atoms with van der Waals surface area (Å²) in [5.41, 5.74) is 2.93. The van der Waals surface area contributed by atoms with Gasteiger partial charge in [-0.2, -0.15) is 0 Å². The van der Waals surface area contributed by atoms with Crippen molar-refractivity contribution in [2.45, 2.75) is 44.7 Å². The zero-order valence-electron chi connectivity index (χ0n) is 20.2. The first-order valence-corrected chi connectivity index (χ1v) is 13.5. The largest absolute Gasteiger partial charge is 0.486 e. The second-order valence-electron chi connectivity index (χ2n) is 8.61. The van der Waals surface area contributed by atoms with Crippen LogP contribution in [-0.4, -0.2) is 34.9 Å². The molecule has 0 aliphatic carbocycles. The van der Waals surface area contributed by atoms with E-state index in [2.05, 4.69) is 0 Å². The van der Waals surface area contributed by atoms with Crippen LogP contribution in [0.3, 0.4) is 0 Å². The van der Waals surface area contributed by atoms with Crippen molar-refractivity contribution in [1.29, 1.82) is 0 Å². The molecule has 0 spiro atoms. The number of hydrogen-bond donors (Lipinski definition) is 0. The van der Waals surface area contributed by atoms with E-state index >= 15 is 0 Å². The van der Waals surface area contributed by atoms with Gasteiger partial charge in [0, 0.05) is 11.3 Å². The zero-order chi connectivity index (χ0) is 24.7. The van der Waals surface area contributed by atoms with E-state index in [0.29, 0.717) is 29.8 Å². The third-order valence-corrected chi connectivity index (χ3v) is 7.36. The van der Waals surface area contributed by atoms with Crippen molar-refractivity contribution in [2.24, 2.45) is 0 Å². The number of rotatable bonds is 9. The lowest BCUT2D eigenvalue weighted by atomic mass is 10.0. The van der Waals surface area contributed by atoms with E-state index in [1.54, 1.807) is 0 Å². The monoisotopic (exact) mass is 506 g/mol. The molecule has 1 fully saturated rings. The average molecular weight is 507 g/mol. The van der Waals surface area contributed by atoms with Gasteiger partial charge >= 0.3 is 0 Å². The van der Waals surface area contributed by atoms with Crippen LogP contribution in [-0.2, 0) is 47.7 Å². The molecule has 5 rings (SSSR count). The lowest BCUT2D eigenvalue weighted by Gasteiger charge is -2.44. The molecule has 0 aromatic heterocycles. The quantitative estimate of drug-likeness (QED) is 0.396. The van der Waals surface area contributed by atoms with Crippen molar-refractivity contribution in [3.05, 3.63) is 119 Å². The Morgan fingerprint density at radius 3 is 2.11 bits per heavy atom. The first-order valence-electron chi connectivity index (χ1n) is 12.2. The van der Waals surface area contributed by atoms with Gasteiger partial charge in [-0.05, 0) is 11.1 Å². The molecule has 0 radical (unpaired) electrons. The van der Waals surface area contributed by atoms with Gasteiger partial charge < -0.3 is 23.7 Å². The normalized spacial score (nSPS) is 24.5. The van der Waals surface area contributed by atoms with Gasteiger partial charge in [-0.1, -0.05) is 97.9 Å². The van der Waals surface area contributed by atoms with Crippen molar-refractivity contribution < 1.29 is 27.9 Å². The summed E-state index contributed by atoms with van der Waals surface area (Å²) in [5, 5.41) is 0.304. The van der Waals surface area contributed by atoms with E-state index in [4.69, 9.17) is 23.7 Å². The highest BCUT2D eigenvalue weighted by atomic mass is 32.2. The first-order chi connectivity index (χ1) is 17.7. The Morgan fingerprint density at radius 1 is 0.861 bits per heavy atom. The SMILES string of the molecule is CCS(=O)C1=C(OCc2ccccc2)C(OCc2ccccc2)C2OC(c3ccccc3)OCC2O1. The van der Waals surface area contributed by atoms with Gasteiger partial charge in [-0.3, -0.25) is 4.21 Å². The van der Waals surface area contributed by atoms with E-state index in [1.165, 1.54) is 0 Å². The van der Waals surface area contributed by atoms with Gasteiger partial charge in [-0.25, -0.2) is 0 Å². The molecule has 2 aliphatic heterocycles. The molecule has 2 heterocycles. The molecule has 36 heavy (non-hydrogen) atoms. The predicted molar refractivity (Wildman–Crippen MR) is 137 cm³/mol. The first kappa shape index (κ1) is 24.7. The van der Waals surface area contributed by atoms with Crippen molar-refractivity contribution >= 4 is 10.8 Å². The van der Waals surface area contributed by atoms with Crippen LogP contribution in [0.2, 0.25) is 0 Å². The molecule has 0 saturated carbocycles. The summed E-state index contributed by atoms with van der Waals surface area (Å²) in [6, 6.07) is 29.6. The van der Waals surface area contributed by atoms with Gasteiger partial charge in [0.1, 0.15) is 18.8 Å². The summed E-state index contributed by atoms with van der Waals surface area (Å²) in [7, 11) is -1.39. The van der Waals surface area contributed by atoms with Gasteiger partial charge in [0.2, 0.25) is 5.09 Å². The molecule has 5 unspecified atom stereocenters. The average Bonchev–Trinajstić information content (AvgIpc) is 2.95. The summed E-state index contributed by atoms with van der Waals surface area (Å²) in [6.07, 6.45) is -2.16. The van der Waals surface area contributed by atoms with Crippen LogP contribution in [0.4, 0.5) is 0 Å². The van der Waals surface area contributed by atoms with Crippen molar-refractivity contribution in [3.8, 4) is 0 Å². The minimum Gasteiger partial charge on any atom is -0.486 e. The lowest BCUT2D eigenvalue weighted by Crippen LogP contribution is -2.53. The van der Waals surface area contributed by atoms with Crippen LogP contribution < -0.4 is 0 Å². The third kappa shape index (κ3) is 5.71. The number of hydrogen-bond acceptors (Lipinski definition) is 6. The smallest absolute Gasteiger partial charge is 0.225 e. The molecule has 0 bridgehead atoms. The topological polar surface area (TPSA) is 63.2 Å². The molecule has 7 heteroatoms. The summed E-state index contributed by atoms with van der Waals surface area (Å²) >= 11 is 0. The highest BCUT2D eigenvalue weighted by Gasteiger charge is 2.48. The lowest BCUT2D eigenvalue weighted by molar-refractivity contribution is -0.289. The fourth-order valence-electron chi connectivity index (χ4n) is 4.26. The minimum atomic E-state index is -1.39. The standard InChI is InChI=1S/C29H30O6S/c1-2-36(30)29-27(32-19-22-14-8-4-9-15-22)26(31-18-21-12-6-3-7-13-21)25-24(34-29)20-33-28(35-25)23-16-10-5-11-17-23/h3-17,24-26,28H,2,18-20H2,1H3. The van der Waals surface area contributed by atoms with Crippen molar-refractivity contribution in [3.63, 3.8) is 0 Å². The van der Waals surface area contributed by atoms with E-state index in [0.717, 1.165) is 16.7 Å². The fourth-order valence-corrected chi connectivity index (χ4v) is 5.16. The Kier molecular flexibility index (Phi) is 8.13. The summed E-state index contributed by atoms with van der Waals surface area (Å²) < 4.78 is 44.5. The summed E-state index contributed by atoms with van der Waals surface area (Å²) in [6.45, 7) is 2.78. The Labute approximate surface area is 214 Å². The molecule has 3 aromatic rings. The molecule has 188 valence electrons. The van der Waals surface area contributed by atoms with Crippen LogP contribution in [0.25, 0.3) is 0 Å². The highest BCUT2D eigenvalue weighted by Crippen LogP contribution is 2.39. The molecular formula is C29H30O6S. The molecule has 0 amide bonds. The molecule has 5 atom stereocenters. The Morgan fingerprint density at radius 2 is 1.47 bits per heavy atom. The Balaban J connectivity index is 1.47. The molecular weight excluding hydrogens is 476 g/mol. The third-order valence-electron chi connectivity index (χ3n) is 6.13. The Hall–Kier alpha value is -2.97. The minimum absolute atomic E-state index is 0.284.